The van der Waals surface area contributed by atoms with Crippen molar-refractivity contribution in [1.82, 2.24) is 9.97 Å². The normalized spacial score (nSPS) is 10.6. The number of halogens is 1. The average molecular weight is 351 g/mol. The van der Waals surface area contributed by atoms with Crippen molar-refractivity contribution < 1.29 is 4.74 Å². The van der Waals surface area contributed by atoms with Crippen LogP contribution < -0.4 is 11.1 Å². The van der Waals surface area contributed by atoms with Gasteiger partial charge in [0.25, 0.3) is 0 Å². The van der Waals surface area contributed by atoms with Crippen LogP contribution in [0.4, 0.5) is 17.3 Å². The summed E-state index contributed by atoms with van der Waals surface area (Å²) in [5.41, 5.74) is 8.04. The Bertz CT molecular complexity index is 619. The Balaban J connectivity index is 2.24. The quantitative estimate of drug-likeness (QED) is 0.831. The number of ether oxygens (including phenoxy) is 1. The van der Waals surface area contributed by atoms with Crippen LogP contribution in [0, 0.1) is 0 Å². The van der Waals surface area contributed by atoms with Gasteiger partial charge in [-0.3, -0.25) is 0 Å². The van der Waals surface area contributed by atoms with E-state index in [0.29, 0.717) is 30.7 Å². The summed E-state index contributed by atoms with van der Waals surface area (Å²) in [5, 5.41) is 3.30. The summed E-state index contributed by atoms with van der Waals surface area (Å²) in [6.07, 6.45) is 0.925. The highest BCUT2D eigenvalue weighted by molar-refractivity contribution is 9.10. The summed E-state index contributed by atoms with van der Waals surface area (Å²) < 4.78 is 6.39. The molecule has 112 valence electrons. The number of aryl methyl sites for hydroxylation is 1. The first kappa shape index (κ1) is 15.7. The van der Waals surface area contributed by atoms with Crippen LogP contribution in [0.15, 0.2) is 28.7 Å². The van der Waals surface area contributed by atoms with Crippen molar-refractivity contribution in [2.24, 2.45) is 0 Å². The number of rotatable bonds is 6. The molecule has 6 heteroatoms. The standard InChI is InChI=1S/C15H19BrN4O/c1-3-10-7-11(16)5-6-12(10)18-14-8-13(17)19-15(20-14)9-21-4-2/h5-8H,3-4,9H2,1-2H3,(H3,17,18,19,20). The van der Waals surface area contributed by atoms with Crippen molar-refractivity contribution in [1.29, 1.82) is 0 Å². The van der Waals surface area contributed by atoms with Crippen LogP contribution in [0.5, 0.6) is 0 Å². The van der Waals surface area contributed by atoms with Gasteiger partial charge in [-0.2, -0.15) is 0 Å². The largest absolute Gasteiger partial charge is 0.384 e. The van der Waals surface area contributed by atoms with Crippen LogP contribution in [0.2, 0.25) is 0 Å². The van der Waals surface area contributed by atoms with Crippen molar-refractivity contribution in [3.8, 4) is 0 Å². The summed E-state index contributed by atoms with van der Waals surface area (Å²) in [6.45, 7) is 5.02. The second kappa shape index (κ2) is 7.38. The lowest BCUT2D eigenvalue weighted by molar-refractivity contribution is 0.128. The fraction of sp³-hybridized carbons (Fsp3) is 0.333. The minimum Gasteiger partial charge on any atom is -0.384 e. The molecule has 2 aromatic rings. The van der Waals surface area contributed by atoms with Crippen LogP contribution in [-0.4, -0.2) is 16.6 Å². The molecular formula is C15H19BrN4O. The van der Waals surface area contributed by atoms with Crippen molar-refractivity contribution in [3.05, 3.63) is 40.1 Å². The Morgan fingerprint density at radius 2 is 2.05 bits per heavy atom. The number of hydrogen-bond donors (Lipinski definition) is 2. The van der Waals surface area contributed by atoms with Crippen molar-refractivity contribution >= 4 is 33.3 Å². The SMILES string of the molecule is CCOCc1nc(N)cc(Nc2ccc(Br)cc2CC)n1. The summed E-state index contributed by atoms with van der Waals surface area (Å²) in [4.78, 5) is 8.59. The van der Waals surface area contributed by atoms with E-state index in [4.69, 9.17) is 10.5 Å². The first-order valence-corrected chi connectivity index (χ1v) is 7.68. The van der Waals surface area contributed by atoms with Crippen molar-refractivity contribution in [3.63, 3.8) is 0 Å². The van der Waals surface area contributed by atoms with Gasteiger partial charge in [-0.1, -0.05) is 22.9 Å². The first-order chi connectivity index (χ1) is 10.1. The van der Waals surface area contributed by atoms with E-state index in [1.807, 2.05) is 19.1 Å². The third kappa shape index (κ3) is 4.41. The molecule has 0 fully saturated rings. The highest BCUT2D eigenvalue weighted by Gasteiger charge is 2.06. The van der Waals surface area contributed by atoms with Gasteiger partial charge >= 0.3 is 0 Å². The molecule has 5 nitrogen and oxygen atoms in total. The van der Waals surface area contributed by atoms with Crippen LogP contribution in [0.1, 0.15) is 25.2 Å². The number of nitrogens with one attached hydrogen (secondary N) is 1. The van der Waals surface area contributed by atoms with Gasteiger partial charge in [-0.25, -0.2) is 9.97 Å². The minimum absolute atomic E-state index is 0.358. The van der Waals surface area contributed by atoms with E-state index in [0.717, 1.165) is 16.6 Å². The molecule has 1 heterocycles. The molecule has 3 N–H and O–H groups in total. The minimum atomic E-state index is 0.358. The molecule has 0 saturated heterocycles. The molecule has 2 rings (SSSR count). The molecule has 0 unspecified atom stereocenters. The number of nitrogens with two attached hydrogens (primary N) is 1. The lowest BCUT2D eigenvalue weighted by atomic mass is 10.1. The smallest absolute Gasteiger partial charge is 0.158 e. The maximum atomic E-state index is 5.83. The summed E-state index contributed by atoms with van der Waals surface area (Å²) in [5.74, 6) is 1.68. The monoisotopic (exact) mass is 350 g/mol. The van der Waals surface area contributed by atoms with Crippen LogP contribution >= 0.6 is 15.9 Å². The van der Waals surface area contributed by atoms with Gasteiger partial charge in [0.15, 0.2) is 5.82 Å². The molecule has 0 spiro atoms. The van der Waals surface area contributed by atoms with Crippen LogP contribution in [-0.2, 0) is 17.8 Å². The fourth-order valence-corrected chi connectivity index (χ4v) is 2.36. The Hall–Kier alpha value is -1.66. The molecule has 21 heavy (non-hydrogen) atoms. The van der Waals surface area contributed by atoms with Gasteiger partial charge < -0.3 is 15.8 Å². The third-order valence-corrected chi connectivity index (χ3v) is 3.43. The van der Waals surface area contributed by atoms with Crippen molar-refractivity contribution in [2.75, 3.05) is 17.7 Å². The van der Waals surface area contributed by atoms with Gasteiger partial charge in [0.2, 0.25) is 0 Å². The molecule has 1 aromatic carbocycles. The molecule has 0 aliphatic rings. The second-order valence-electron chi connectivity index (χ2n) is 4.51. The lowest BCUT2D eigenvalue weighted by Crippen LogP contribution is -2.06. The maximum absolute atomic E-state index is 5.83. The summed E-state index contributed by atoms with van der Waals surface area (Å²) >= 11 is 3.48. The third-order valence-electron chi connectivity index (χ3n) is 2.94. The van der Waals surface area contributed by atoms with Gasteiger partial charge in [0.05, 0.1) is 0 Å². The topological polar surface area (TPSA) is 73.1 Å². The van der Waals surface area contributed by atoms with E-state index in [9.17, 15) is 0 Å². The fourth-order valence-electron chi connectivity index (χ4n) is 1.95. The molecule has 0 amide bonds. The highest BCUT2D eigenvalue weighted by atomic mass is 79.9. The predicted molar refractivity (Wildman–Crippen MR) is 88.6 cm³/mol. The number of nitrogens with zero attached hydrogens (tertiary/aromatic N) is 2. The molecule has 1 aromatic heterocycles. The second-order valence-corrected chi connectivity index (χ2v) is 5.43. The van der Waals surface area contributed by atoms with E-state index < -0.39 is 0 Å². The molecule has 0 aliphatic heterocycles. The number of benzene rings is 1. The van der Waals surface area contributed by atoms with E-state index in [-0.39, 0.29) is 0 Å². The Morgan fingerprint density at radius 1 is 1.24 bits per heavy atom. The van der Waals surface area contributed by atoms with Crippen LogP contribution in [0.3, 0.4) is 0 Å². The van der Waals surface area contributed by atoms with E-state index in [2.05, 4.69) is 44.2 Å². The van der Waals surface area contributed by atoms with Gasteiger partial charge in [0.1, 0.15) is 18.2 Å². The maximum Gasteiger partial charge on any atom is 0.158 e. The first-order valence-electron chi connectivity index (χ1n) is 6.89. The zero-order valence-corrected chi connectivity index (χ0v) is 13.8. The molecule has 0 saturated carbocycles. The Kier molecular flexibility index (Phi) is 5.52. The predicted octanol–water partition coefficient (Wildman–Crippen LogP) is 3.66. The summed E-state index contributed by atoms with van der Waals surface area (Å²) in [7, 11) is 0. The molecular weight excluding hydrogens is 332 g/mol. The van der Waals surface area contributed by atoms with Crippen molar-refractivity contribution in [2.45, 2.75) is 26.9 Å². The van der Waals surface area contributed by atoms with Gasteiger partial charge in [-0.15, -0.1) is 0 Å². The number of hydrogen-bond acceptors (Lipinski definition) is 5. The van der Waals surface area contributed by atoms with Gasteiger partial charge in [-0.05, 0) is 37.1 Å². The number of nitrogen functional groups attached to an aromatic ring is 1. The molecule has 0 aliphatic carbocycles. The molecule has 0 atom stereocenters. The van der Waals surface area contributed by atoms with Gasteiger partial charge in [0, 0.05) is 22.8 Å². The van der Waals surface area contributed by atoms with E-state index >= 15 is 0 Å². The Labute approximate surface area is 133 Å². The lowest BCUT2D eigenvalue weighted by Gasteiger charge is -2.12. The Morgan fingerprint density at radius 3 is 2.76 bits per heavy atom. The average Bonchev–Trinajstić information content (AvgIpc) is 2.46. The number of anilines is 3. The number of aromatic nitrogens is 2. The molecule has 0 radical (unpaired) electrons. The van der Waals surface area contributed by atoms with Crippen LogP contribution in [0.25, 0.3) is 0 Å². The zero-order chi connectivity index (χ0) is 15.2. The molecule has 0 bridgehead atoms. The summed E-state index contributed by atoms with van der Waals surface area (Å²) in [6, 6.07) is 7.82. The zero-order valence-electron chi connectivity index (χ0n) is 12.2. The van der Waals surface area contributed by atoms with E-state index in [1.54, 1.807) is 6.07 Å². The van der Waals surface area contributed by atoms with E-state index in [1.165, 1.54) is 5.56 Å². The highest BCUT2D eigenvalue weighted by Crippen LogP contribution is 2.24.